The van der Waals surface area contributed by atoms with Gasteiger partial charge in [-0.05, 0) is 13.8 Å². The molecule has 4 nitrogen and oxygen atoms in total. The van der Waals surface area contributed by atoms with E-state index in [4.69, 9.17) is 9.30 Å². The van der Waals surface area contributed by atoms with E-state index in [0.29, 0.717) is 0 Å². The van der Waals surface area contributed by atoms with Crippen LogP contribution in [0.3, 0.4) is 0 Å². The first kappa shape index (κ1) is 24.1. The van der Waals surface area contributed by atoms with E-state index in [1.54, 1.807) is 0 Å². The predicted molar refractivity (Wildman–Crippen MR) is 74.8 cm³/mol. The fourth-order valence-electron chi connectivity index (χ4n) is 1.12. The molecule has 2 rings (SSSR count). The quantitative estimate of drug-likeness (QED) is 0.446. The molecule has 0 aliphatic heterocycles. The minimum absolute atomic E-state index is 0. The van der Waals surface area contributed by atoms with Crippen LogP contribution >= 0.6 is 0 Å². The maximum Gasteiger partial charge on any atom is 2.00 e. The molecule has 2 aromatic carbocycles. The topological polar surface area (TPSA) is 71.0 Å². The molecule has 0 saturated heterocycles. The van der Waals surface area contributed by atoms with Crippen molar-refractivity contribution >= 4 is 11.6 Å². The van der Waals surface area contributed by atoms with Crippen LogP contribution in [0.5, 0.6) is 0 Å². The van der Waals surface area contributed by atoms with E-state index in [2.05, 4.69) is 18.6 Å². The van der Waals surface area contributed by atoms with Crippen molar-refractivity contribution in [3.63, 3.8) is 0 Å². The average molecular weight is 325 g/mol. The van der Waals surface area contributed by atoms with Crippen LogP contribution in [0, 0.1) is 20.2 Å². The summed E-state index contributed by atoms with van der Waals surface area (Å²) in [6.07, 6.45) is 0. The van der Waals surface area contributed by atoms with Gasteiger partial charge in [-0.1, -0.05) is 29.8 Å². The molecule has 0 fully saturated rings. The Balaban J connectivity index is -0.000000273. The Morgan fingerprint density at radius 3 is 1.76 bits per heavy atom. The van der Waals surface area contributed by atoms with E-state index in [9.17, 15) is 4.79 Å². The third-order valence-corrected chi connectivity index (χ3v) is 1.88. The SMILES string of the molecule is CC(=O)[N-]c1ccc(C)cc1.[C-]#[O+].[C-]#[O+].[Fe+2].c1cc[cH-]c1. The first-order valence-electron chi connectivity index (χ1n) is 5.55. The van der Waals surface area contributed by atoms with Crippen LogP contribution in [0.4, 0.5) is 5.69 Å². The second-order valence-corrected chi connectivity index (χ2v) is 3.43. The third-order valence-electron chi connectivity index (χ3n) is 1.88. The van der Waals surface area contributed by atoms with Gasteiger partial charge in [0.2, 0.25) is 0 Å². The van der Waals surface area contributed by atoms with Gasteiger partial charge in [-0.25, -0.2) is 12.1 Å². The van der Waals surface area contributed by atoms with Gasteiger partial charge in [0.05, 0.1) is 5.91 Å². The monoisotopic (exact) mass is 325 g/mol. The van der Waals surface area contributed by atoms with Crippen molar-refractivity contribution in [2.24, 2.45) is 0 Å². The van der Waals surface area contributed by atoms with Gasteiger partial charge in [0.25, 0.3) is 0 Å². The largest absolute Gasteiger partial charge is 2.00 e. The van der Waals surface area contributed by atoms with Crippen LogP contribution in [0.2, 0.25) is 0 Å². The minimum Gasteiger partial charge on any atom is -0.214 e. The summed E-state index contributed by atoms with van der Waals surface area (Å²) in [5.41, 5.74) is 1.90. The van der Waals surface area contributed by atoms with Gasteiger partial charge >= 0.3 is 39.7 Å². The van der Waals surface area contributed by atoms with Crippen molar-refractivity contribution in [2.75, 3.05) is 0 Å². The zero-order valence-electron chi connectivity index (χ0n) is 11.7. The fraction of sp³-hybridized carbons (Fsp3) is 0.125. The summed E-state index contributed by atoms with van der Waals surface area (Å²) in [4.78, 5) is 10.5. The number of carbonyl (C=O) groups excluding carboxylic acids is 1. The van der Waals surface area contributed by atoms with Crippen molar-refractivity contribution in [2.45, 2.75) is 13.8 Å². The van der Waals surface area contributed by atoms with Crippen molar-refractivity contribution in [3.05, 3.63) is 78.8 Å². The number of benzene rings is 1. The number of carbonyl (C=O) groups is 1. The smallest absolute Gasteiger partial charge is 0.214 e. The first-order valence-corrected chi connectivity index (χ1v) is 5.55. The molecule has 1 amide bonds. The Kier molecular flexibility index (Phi) is 20.7. The Bertz CT molecular complexity index is 464. The van der Waals surface area contributed by atoms with Crippen LogP contribution in [-0.4, -0.2) is 5.91 Å². The normalized spacial score (nSPS) is 6.95. The van der Waals surface area contributed by atoms with Gasteiger partial charge in [-0.3, -0.25) is 0 Å². The summed E-state index contributed by atoms with van der Waals surface area (Å²) in [7, 11) is 0. The van der Waals surface area contributed by atoms with Crippen LogP contribution < -0.4 is 0 Å². The molecule has 0 saturated carbocycles. The average Bonchev–Trinajstić information content (AvgIpc) is 3.05. The number of hydrogen-bond donors (Lipinski definition) is 0. The van der Waals surface area contributed by atoms with Crippen molar-refractivity contribution in [1.82, 2.24) is 0 Å². The van der Waals surface area contributed by atoms with E-state index in [1.165, 1.54) is 12.5 Å². The van der Waals surface area contributed by atoms with Crippen LogP contribution in [0.1, 0.15) is 12.5 Å². The Labute approximate surface area is 135 Å². The zero-order valence-corrected chi connectivity index (χ0v) is 12.8. The molecule has 5 heteroatoms. The number of rotatable bonds is 1. The molecule has 0 N–H and O–H groups in total. The third kappa shape index (κ3) is 16.0. The molecular formula is C16H15FeNO3. The van der Waals surface area contributed by atoms with Gasteiger partial charge in [0, 0.05) is 0 Å². The van der Waals surface area contributed by atoms with Crippen molar-refractivity contribution in [1.29, 1.82) is 0 Å². The Hall–Kier alpha value is -1.96. The minimum atomic E-state index is -0.158. The van der Waals surface area contributed by atoms with Crippen LogP contribution in [0.25, 0.3) is 5.32 Å². The summed E-state index contributed by atoms with van der Waals surface area (Å²) >= 11 is 0. The van der Waals surface area contributed by atoms with E-state index < -0.39 is 0 Å². The molecule has 2 aromatic rings. The van der Waals surface area contributed by atoms with Gasteiger partial charge in [-0.2, -0.15) is 18.2 Å². The Morgan fingerprint density at radius 1 is 1.05 bits per heavy atom. The van der Waals surface area contributed by atoms with Gasteiger partial charge < -0.3 is 10.1 Å². The molecule has 0 spiro atoms. The predicted octanol–water partition coefficient (Wildman–Crippen LogP) is 3.87. The summed E-state index contributed by atoms with van der Waals surface area (Å²) < 4.78 is 15.0. The molecule has 0 bridgehead atoms. The number of amides is 1. The second kappa shape index (κ2) is 18.0. The van der Waals surface area contributed by atoms with Gasteiger partial charge in [-0.15, -0.1) is 5.69 Å². The molecule has 0 unspecified atom stereocenters. The molecule has 0 aromatic heterocycles. The first-order chi connectivity index (χ1) is 9.68. The molecule has 0 atom stereocenters. The van der Waals surface area contributed by atoms with Gasteiger partial charge in [0.1, 0.15) is 0 Å². The summed E-state index contributed by atoms with van der Waals surface area (Å²) in [6, 6.07) is 17.5. The molecule has 0 aliphatic carbocycles. The Morgan fingerprint density at radius 2 is 1.48 bits per heavy atom. The standard InChI is InChI=1S/C9H11NO.C5H5.2CO.Fe/c1-7-3-5-9(6-4-7)10-8(2)11;1-2-4-5-3-1;2*1-2;/h3-6H,1-2H3,(H,10,11);1-5H;;;/q;-1;;;+2/p-1. The maximum absolute atomic E-state index is 10.5. The number of hydrogen-bond acceptors (Lipinski definition) is 1. The number of nitrogens with zero attached hydrogens (tertiary/aromatic N) is 1. The van der Waals surface area contributed by atoms with E-state index >= 15 is 0 Å². The van der Waals surface area contributed by atoms with Crippen molar-refractivity contribution in [3.8, 4) is 0 Å². The zero-order chi connectivity index (χ0) is 15.8. The van der Waals surface area contributed by atoms with Crippen LogP contribution in [0.15, 0.2) is 54.6 Å². The molecule has 0 heterocycles. The van der Waals surface area contributed by atoms with Gasteiger partial charge in [0.15, 0.2) is 0 Å². The summed E-state index contributed by atoms with van der Waals surface area (Å²) in [5, 5.41) is 3.76. The fourth-order valence-corrected chi connectivity index (χ4v) is 1.12. The van der Waals surface area contributed by atoms with Crippen molar-refractivity contribution < 1.29 is 31.2 Å². The number of aryl methyl sites for hydroxylation is 1. The van der Waals surface area contributed by atoms with E-state index in [-0.39, 0.29) is 23.0 Å². The molecule has 110 valence electrons. The van der Waals surface area contributed by atoms with E-state index in [1.807, 2.05) is 61.5 Å². The maximum atomic E-state index is 10.5. The molecule has 21 heavy (non-hydrogen) atoms. The summed E-state index contributed by atoms with van der Waals surface area (Å²) in [6.45, 7) is 12.4. The molecule has 0 aliphatic rings. The van der Waals surface area contributed by atoms with Crippen LogP contribution in [-0.2, 0) is 31.2 Å². The summed E-state index contributed by atoms with van der Waals surface area (Å²) in [5.74, 6) is -0.158. The van der Waals surface area contributed by atoms with E-state index in [0.717, 1.165) is 5.69 Å². The second-order valence-electron chi connectivity index (χ2n) is 3.43. The molecule has 0 radical (unpaired) electrons. The molecular weight excluding hydrogens is 310 g/mol.